The Bertz CT molecular complexity index is 570. The minimum absolute atomic E-state index is 0.0652. The number of hydrogen-bond acceptors (Lipinski definition) is 5. The number of carbonyl (C=O) groups is 1. The van der Waals surface area contributed by atoms with E-state index < -0.39 is 0 Å². The van der Waals surface area contributed by atoms with E-state index in [2.05, 4.69) is 26.5 Å². The molecule has 0 atom stereocenters. The summed E-state index contributed by atoms with van der Waals surface area (Å²) in [4.78, 5) is 16.7. The van der Waals surface area contributed by atoms with Gasteiger partial charge in [0.25, 0.3) is 0 Å². The van der Waals surface area contributed by atoms with Gasteiger partial charge in [-0.25, -0.2) is 4.79 Å². The molecule has 2 saturated heterocycles. The van der Waals surface area contributed by atoms with Crippen LogP contribution in [0.4, 0.5) is 10.5 Å². The summed E-state index contributed by atoms with van der Waals surface area (Å²) in [6, 6.07) is 8.33. The van der Waals surface area contributed by atoms with Gasteiger partial charge in [-0.05, 0) is 25.0 Å². The Morgan fingerprint density at radius 1 is 1.19 bits per heavy atom. The largest absolute Gasteiger partial charge is 0.495 e. The Hall–Kier alpha value is -1.99. The van der Waals surface area contributed by atoms with Gasteiger partial charge in [0.05, 0.1) is 12.8 Å². The Balaban J connectivity index is 1.34. The number of methoxy groups -OCH3 is 1. The fourth-order valence-electron chi connectivity index (χ4n) is 3.51. The second-order valence-corrected chi connectivity index (χ2v) is 6.79. The number of nitrogens with zero attached hydrogens (tertiary/aromatic N) is 2. The highest BCUT2D eigenvalue weighted by molar-refractivity contribution is 5.74. The molecule has 3 rings (SSSR count). The fourth-order valence-corrected chi connectivity index (χ4v) is 3.51. The van der Waals surface area contributed by atoms with Crippen LogP contribution in [-0.2, 0) is 4.74 Å². The van der Waals surface area contributed by atoms with Gasteiger partial charge in [-0.1, -0.05) is 12.1 Å². The van der Waals surface area contributed by atoms with Crippen molar-refractivity contribution in [1.82, 2.24) is 15.5 Å². The van der Waals surface area contributed by atoms with Crippen molar-refractivity contribution in [2.75, 3.05) is 64.5 Å². The maximum Gasteiger partial charge on any atom is 0.315 e. The lowest BCUT2D eigenvalue weighted by atomic mass is 10.1. The van der Waals surface area contributed by atoms with Gasteiger partial charge in [0, 0.05) is 58.5 Å². The molecular formula is C19H30N4O3. The summed E-state index contributed by atoms with van der Waals surface area (Å²) >= 11 is 0. The van der Waals surface area contributed by atoms with Crippen molar-refractivity contribution >= 4 is 11.7 Å². The van der Waals surface area contributed by atoms with Crippen LogP contribution in [0.5, 0.6) is 5.75 Å². The van der Waals surface area contributed by atoms with Crippen LogP contribution in [0.1, 0.15) is 12.8 Å². The molecule has 0 spiro atoms. The summed E-state index contributed by atoms with van der Waals surface area (Å²) in [5.41, 5.74) is 1.16. The van der Waals surface area contributed by atoms with Crippen molar-refractivity contribution in [2.24, 2.45) is 0 Å². The summed E-state index contributed by atoms with van der Waals surface area (Å²) in [6.45, 7) is 6.93. The Labute approximate surface area is 155 Å². The summed E-state index contributed by atoms with van der Waals surface area (Å²) in [5.74, 6) is 0.924. The lowest BCUT2D eigenvalue weighted by Gasteiger charge is -2.36. The van der Waals surface area contributed by atoms with Gasteiger partial charge in [0.15, 0.2) is 0 Å². The molecular weight excluding hydrogens is 332 g/mol. The average Bonchev–Trinajstić information content (AvgIpc) is 2.69. The van der Waals surface area contributed by atoms with E-state index in [1.807, 2.05) is 18.2 Å². The van der Waals surface area contributed by atoms with E-state index in [1.165, 1.54) is 0 Å². The molecule has 2 heterocycles. The molecule has 2 fully saturated rings. The minimum Gasteiger partial charge on any atom is -0.495 e. The van der Waals surface area contributed by atoms with Crippen molar-refractivity contribution < 1.29 is 14.3 Å². The second kappa shape index (κ2) is 9.64. The molecule has 1 aromatic rings. The van der Waals surface area contributed by atoms with Crippen LogP contribution in [0.15, 0.2) is 24.3 Å². The summed E-state index contributed by atoms with van der Waals surface area (Å²) in [7, 11) is 1.71. The number of carbonyl (C=O) groups excluding carboxylic acids is 1. The van der Waals surface area contributed by atoms with E-state index in [9.17, 15) is 4.79 Å². The minimum atomic E-state index is -0.0652. The summed E-state index contributed by atoms with van der Waals surface area (Å²) < 4.78 is 10.8. The van der Waals surface area contributed by atoms with E-state index >= 15 is 0 Å². The number of hydrogen-bond donors (Lipinski definition) is 2. The first-order valence-corrected chi connectivity index (χ1v) is 9.48. The third-order valence-electron chi connectivity index (χ3n) is 5.07. The molecule has 144 valence electrons. The molecule has 7 heteroatoms. The van der Waals surface area contributed by atoms with Crippen LogP contribution in [0.3, 0.4) is 0 Å². The molecule has 7 nitrogen and oxygen atoms in total. The molecule has 2 aliphatic rings. The van der Waals surface area contributed by atoms with Gasteiger partial charge in [0.2, 0.25) is 0 Å². The number of urea groups is 1. The first kappa shape index (κ1) is 18.8. The molecule has 0 aromatic heterocycles. The van der Waals surface area contributed by atoms with Crippen molar-refractivity contribution in [3.8, 4) is 5.75 Å². The van der Waals surface area contributed by atoms with Gasteiger partial charge in [-0.15, -0.1) is 0 Å². The number of ether oxygens (including phenoxy) is 2. The maximum atomic E-state index is 12.0. The van der Waals surface area contributed by atoms with Gasteiger partial charge < -0.3 is 25.0 Å². The van der Waals surface area contributed by atoms with Crippen LogP contribution in [0.2, 0.25) is 0 Å². The zero-order chi connectivity index (χ0) is 18.2. The van der Waals surface area contributed by atoms with Gasteiger partial charge in [0.1, 0.15) is 5.75 Å². The van der Waals surface area contributed by atoms with E-state index in [4.69, 9.17) is 9.47 Å². The third kappa shape index (κ3) is 5.25. The number of anilines is 1. The normalized spacial score (nSPS) is 19.2. The fraction of sp³-hybridized carbons (Fsp3) is 0.632. The highest BCUT2D eigenvalue weighted by atomic mass is 16.5. The predicted molar refractivity (Wildman–Crippen MR) is 102 cm³/mol. The lowest BCUT2D eigenvalue weighted by molar-refractivity contribution is 0.0800. The van der Waals surface area contributed by atoms with Crippen molar-refractivity contribution in [2.45, 2.75) is 18.9 Å². The first-order valence-electron chi connectivity index (χ1n) is 9.48. The molecule has 2 amide bonds. The monoisotopic (exact) mass is 362 g/mol. The molecule has 2 aliphatic heterocycles. The van der Waals surface area contributed by atoms with Crippen molar-refractivity contribution in [1.29, 1.82) is 0 Å². The smallest absolute Gasteiger partial charge is 0.315 e. The SMILES string of the molecule is COc1ccccc1N1CCN(CCNC(=O)NC2CCOCC2)CC1. The van der Waals surface area contributed by atoms with Crippen LogP contribution >= 0.6 is 0 Å². The highest BCUT2D eigenvalue weighted by Gasteiger charge is 2.20. The molecule has 0 radical (unpaired) electrons. The number of nitrogens with one attached hydrogen (secondary N) is 2. The maximum absolute atomic E-state index is 12.0. The van der Waals surface area contributed by atoms with E-state index in [1.54, 1.807) is 7.11 Å². The number of piperazine rings is 1. The van der Waals surface area contributed by atoms with Crippen LogP contribution in [-0.4, -0.2) is 76.6 Å². The third-order valence-corrected chi connectivity index (χ3v) is 5.07. The van der Waals surface area contributed by atoms with E-state index in [0.717, 1.165) is 70.2 Å². The van der Waals surface area contributed by atoms with E-state index in [0.29, 0.717) is 6.54 Å². The zero-order valence-electron chi connectivity index (χ0n) is 15.6. The average molecular weight is 362 g/mol. The number of amides is 2. The second-order valence-electron chi connectivity index (χ2n) is 6.79. The molecule has 0 aliphatic carbocycles. The molecule has 1 aromatic carbocycles. The Morgan fingerprint density at radius 3 is 2.65 bits per heavy atom. The van der Waals surface area contributed by atoms with Gasteiger partial charge in [-0.3, -0.25) is 4.90 Å². The summed E-state index contributed by atoms with van der Waals surface area (Å²) in [6.07, 6.45) is 1.80. The Kier molecular flexibility index (Phi) is 6.96. The van der Waals surface area contributed by atoms with E-state index in [-0.39, 0.29) is 12.1 Å². The summed E-state index contributed by atoms with van der Waals surface area (Å²) in [5, 5.41) is 6.00. The number of para-hydroxylation sites is 2. The molecule has 26 heavy (non-hydrogen) atoms. The standard InChI is InChI=1S/C19H30N4O3/c1-25-18-5-3-2-4-17(18)23-12-10-22(11-13-23)9-8-20-19(24)21-16-6-14-26-15-7-16/h2-5,16H,6-15H2,1H3,(H2,20,21,24). The molecule has 0 unspecified atom stereocenters. The first-order chi connectivity index (χ1) is 12.8. The van der Waals surface area contributed by atoms with Gasteiger partial charge in [-0.2, -0.15) is 0 Å². The van der Waals surface area contributed by atoms with Crippen LogP contribution in [0.25, 0.3) is 0 Å². The molecule has 0 bridgehead atoms. The topological polar surface area (TPSA) is 66.1 Å². The van der Waals surface area contributed by atoms with Crippen molar-refractivity contribution in [3.05, 3.63) is 24.3 Å². The van der Waals surface area contributed by atoms with Crippen LogP contribution in [0, 0.1) is 0 Å². The molecule has 0 saturated carbocycles. The van der Waals surface area contributed by atoms with Gasteiger partial charge >= 0.3 is 6.03 Å². The van der Waals surface area contributed by atoms with Crippen molar-refractivity contribution in [3.63, 3.8) is 0 Å². The molecule has 2 N–H and O–H groups in total. The van der Waals surface area contributed by atoms with Crippen LogP contribution < -0.4 is 20.3 Å². The highest BCUT2D eigenvalue weighted by Crippen LogP contribution is 2.28. The zero-order valence-corrected chi connectivity index (χ0v) is 15.6. The number of benzene rings is 1. The Morgan fingerprint density at radius 2 is 1.92 bits per heavy atom. The quantitative estimate of drug-likeness (QED) is 0.798. The number of rotatable bonds is 6. The predicted octanol–water partition coefficient (Wildman–Crippen LogP) is 1.30. The lowest BCUT2D eigenvalue weighted by Crippen LogP contribution is -2.50.